The lowest BCUT2D eigenvalue weighted by molar-refractivity contribution is -0.129. The molecule has 1 fully saturated rings. The molecule has 1 atom stereocenters. The smallest absolute Gasteiger partial charge is 0.225 e. The van der Waals surface area contributed by atoms with Crippen LogP contribution in [0.5, 0.6) is 0 Å². The van der Waals surface area contributed by atoms with E-state index in [9.17, 15) is 9.59 Å². The van der Waals surface area contributed by atoms with E-state index < -0.39 is 0 Å². The molecule has 2 heterocycles. The van der Waals surface area contributed by atoms with E-state index in [1.807, 2.05) is 25.1 Å². The van der Waals surface area contributed by atoms with Crippen LogP contribution in [-0.4, -0.2) is 42.4 Å². The normalized spacial score (nSPS) is 18.3. The number of aromatic nitrogens is 2. The summed E-state index contributed by atoms with van der Waals surface area (Å²) in [6.07, 6.45) is 2.67. The van der Waals surface area contributed by atoms with Crippen LogP contribution < -0.4 is 15.5 Å². The molecule has 0 radical (unpaired) electrons. The van der Waals surface area contributed by atoms with Gasteiger partial charge in [-0.05, 0) is 12.5 Å². The van der Waals surface area contributed by atoms with Gasteiger partial charge in [0.1, 0.15) is 11.6 Å². The van der Waals surface area contributed by atoms with Crippen molar-refractivity contribution in [3.8, 4) is 0 Å². The molecule has 0 aliphatic carbocycles. The summed E-state index contributed by atoms with van der Waals surface area (Å²) in [7, 11) is 3.80. The molecule has 2 amide bonds. The molecule has 20 heavy (non-hydrogen) atoms. The van der Waals surface area contributed by atoms with Crippen molar-refractivity contribution in [1.82, 2.24) is 20.6 Å². The number of hydrogen-bond acceptors (Lipinski definition) is 5. The van der Waals surface area contributed by atoms with Gasteiger partial charge in [-0.2, -0.15) is 0 Å². The maximum Gasteiger partial charge on any atom is 0.225 e. The molecule has 0 bridgehead atoms. The zero-order chi connectivity index (χ0) is 14.5. The number of carbonyl (C=O) groups is 2. The lowest BCUT2D eigenvalue weighted by atomic mass is 9.98. The van der Waals surface area contributed by atoms with Gasteiger partial charge in [0.25, 0.3) is 0 Å². The molecule has 7 nitrogen and oxygen atoms in total. The molecule has 7 heteroatoms. The molecular weight excluding hydrogens is 258 g/mol. The highest BCUT2D eigenvalue weighted by atomic mass is 16.2. The second-order valence-electron chi connectivity index (χ2n) is 4.98. The maximum atomic E-state index is 12.0. The van der Waals surface area contributed by atoms with E-state index in [0.717, 1.165) is 5.82 Å². The minimum atomic E-state index is -0.162. The van der Waals surface area contributed by atoms with E-state index in [4.69, 9.17) is 0 Å². The maximum absolute atomic E-state index is 12.0. The Kier molecular flexibility index (Phi) is 4.49. The van der Waals surface area contributed by atoms with Crippen LogP contribution in [0.2, 0.25) is 0 Å². The number of anilines is 1. The number of nitrogens with one attached hydrogen (secondary N) is 2. The first-order valence-electron chi connectivity index (χ1n) is 6.60. The van der Waals surface area contributed by atoms with E-state index in [1.165, 1.54) is 0 Å². The van der Waals surface area contributed by atoms with Crippen LogP contribution in [0, 0.1) is 5.92 Å². The Balaban J connectivity index is 1.87. The molecule has 1 saturated heterocycles. The van der Waals surface area contributed by atoms with Crippen molar-refractivity contribution < 1.29 is 9.59 Å². The fourth-order valence-corrected chi connectivity index (χ4v) is 1.99. The van der Waals surface area contributed by atoms with Crippen LogP contribution in [0.3, 0.4) is 0 Å². The molecule has 0 saturated carbocycles. The van der Waals surface area contributed by atoms with Gasteiger partial charge >= 0.3 is 0 Å². The largest absolute Gasteiger partial charge is 0.363 e. The number of carbonyl (C=O) groups excluding carboxylic acids is 2. The van der Waals surface area contributed by atoms with Crippen molar-refractivity contribution in [2.75, 3.05) is 25.5 Å². The van der Waals surface area contributed by atoms with Crippen LogP contribution in [0.4, 0.5) is 5.82 Å². The van der Waals surface area contributed by atoms with Gasteiger partial charge in [-0.15, -0.1) is 0 Å². The van der Waals surface area contributed by atoms with Crippen molar-refractivity contribution in [3.05, 3.63) is 18.1 Å². The summed E-state index contributed by atoms with van der Waals surface area (Å²) in [5.41, 5.74) is 0. The zero-order valence-electron chi connectivity index (χ0n) is 11.7. The van der Waals surface area contributed by atoms with Crippen molar-refractivity contribution in [2.24, 2.45) is 5.92 Å². The van der Waals surface area contributed by atoms with E-state index in [1.54, 1.807) is 6.20 Å². The lowest BCUT2D eigenvalue weighted by Gasteiger charge is -2.21. The van der Waals surface area contributed by atoms with Gasteiger partial charge in [-0.25, -0.2) is 9.97 Å². The Labute approximate surface area is 117 Å². The first-order valence-corrected chi connectivity index (χ1v) is 6.60. The summed E-state index contributed by atoms with van der Waals surface area (Å²) < 4.78 is 0. The fraction of sp³-hybridized carbons (Fsp3) is 0.538. The van der Waals surface area contributed by atoms with Crippen molar-refractivity contribution in [3.63, 3.8) is 0 Å². The standard InChI is InChI=1S/C13H19N5O2/c1-18(2)11-5-6-14-10(17-11)8-16-13(20)9-3-4-12(19)15-7-9/h5-6,9H,3-4,7-8H2,1-2H3,(H,15,19)(H,16,20). The summed E-state index contributed by atoms with van der Waals surface area (Å²) in [5.74, 6) is 1.16. The highest BCUT2D eigenvalue weighted by Gasteiger charge is 2.24. The molecule has 1 aromatic rings. The highest BCUT2D eigenvalue weighted by molar-refractivity contribution is 5.83. The van der Waals surface area contributed by atoms with Gasteiger partial charge in [-0.1, -0.05) is 0 Å². The van der Waals surface area contributed by atoms with Crippen molar-refractivity contribution in [1.29, 1.82) is 0 Å². The second kappa shape index (κ2) is 6.31. The molecule has 1 unspecified atom stereocenters. The first kappa shape index (κ1) is 14.2. The fourth-order valence-electron chi connectivity index (χ4n) is 1.99. The molecule has 2 N–H and O–H groups in total. The van der Waals surface area contributed by atoms with Gasteiger partial charge in [0, 0.05) is 33.3 Å². The van der Waals surface area contributed by atoms with Gasteiger partial charge in [0.05, 0.1) is 12.5 Å². The van der Waals surface area contributed by atoms with Gasteiger partial charge in [0.2, 0.25) is 11.8 Å². The minimum absolute atomic E-state index is 0.0102. The van der Waals surface area contributed by atoms with Crippen LogP contribution in [0.1, 0.15) is 18.7 Å². The monoisotopic (exact) mass is 277 g/mol. The van der Waals surface area contributed by atoms with E-state index in [-0.39, 0.29) is 17.7 Å². The van der Waals surface area contributed by atoms with Gasteiger partial charge in [-0.3, -0.25) is 9.59 Å². The third-order valence-corrected chi connectivity index (χ3v) is 3.21. The van der Waals surface area contributed by atoms with Gasteiger partial charge in [0.15, 0.2) is 0 Å². The number of amides is 2. The molecule has 0 aromatic carbocycles. The van der Waals surface area contributed by atoms with E-state index in [0.29, 0.717) is 31.8 Å². The number of nitrogens with zero attached hydrogens (tertiary/aromatic N) is 3. The number of piperidine rings is 1. The van der Waals surface area contributed by atoms with Crippen LogP contribution >= 0.6 is 0 Å². The Morgan fingerprint density at radius 2 is 2.35 bits per heavy atom. The summed E-state index contributed by atoms with van der Waals surface area (Å²) in [6, 6.07) is 1.81. The van der Waals surface area contributed by atoms with Crippen molar-refractivity contribution >= 4 is 17.6 Å². The van der Waals surface area contributed by atoms with Gasteiger partial charge < -0.3 is 15.5 Å². The van der Waals surface area contributed by atoms with E-state index in [2.05, 4.69) is 20.6 Å². The Morgan fingerprint density at radius 3 is 3.00 bits per heavy atom. The Hall–Kier alpha value is -2.18. The SMILES string of the molecule is CN(C)c1ccnc(CNC(=O)C2CCC(=O)NC2)n1. The van der Waals surface area contributed by atoms with Crippen molar-refractivity contribution in [2.45, 2.75) is 19.4 Å². The lowest BCUT2D eigenvalue weighted by Crippen LogP contribution is -2.42. The molecule has 1 aliphatic rings. The molecule has 108 valence electrons. The number of rotatable bonds is 4. The Morgan fingerprint density at radius 1 is 1.55 bits per heavy atom. The second-order valence-corrected chi connectivity index (χ2v) is 4.98. The first-order chi connectivity index (χ1) is 9.56. The third kappa shape index (κ3) is 3.66. The summed E-state index contributed by atoms with van der Waals surface area (Å²) in [4.78, 5) is 33.4. The predicted octanol–water partition coefficient (Wildman–Crippen LogP) is -0.315. The molecule has 2 rings (SSSR count). The average Bonchev–Trinajstić information content (AvgIpc) is 2.46. The van der Waals surface area contributed by atoms with Crippen LogP contribution in [-0.2, 0) is 16.1 Å². The highest BCUT2D eigenvalue weighted by Crippen LogP contribution is 2.11. The summed E-state index contributed by atoms with van der Waals surface area (Å²) in [6.45, 7) is 0.703. The van der Waals surface area contributed by atoms with Crippen LogP contribution in [0.15, 0.2) is 12.3 Å². The minimum Gasteiger partial charge on any atom is -0.363 e. The van der Waals surface area contributed by atoms with E-state index >= 15 is 0 Å². The average molecular weight is 277 g/mol. The predicted molar refractivity (Wildman–Crippen MR) is 73.9 cm³/mol. The topological polar surface area (TPSA) is 87.2 Å². The Bertz CT molecular complexity index is 493. The molecular formula is C13H19N5O2. The summed E-state index contributed by atoms with van der Waals surface area (Å²) >= 11 is 0. The zero-order valence-corrected chi connectivity index (χ0v) is 11.7. The molecule has 0 spiro atoms. The third-order valence-electron chi connectivity index (χ3n) is 3.21. The number of hydrogen-bond donors (Lipinski definition) is 2. The molecule has 1 aromatic heterocycles. The summed E-state index contributed by atoms with van der Waals surface area (Å²) in [5, 5.41) is 5.51. The quantitative estimate of drug-likeness (QED) is 0.788. The molecule has 1 aliphatic heterocycles. The van der Waals surface area contributed by atoms with Crippen LogP contribution in [0.25, 0.3) is 0 Å².